The SMILES string of the molecule is COc1c(O)cccc1CC1CCNCC1. The van der Waals surface area contributed by atoms with Crippen LogP contribution in [0, 0.1) is 5.92 Å². The molecule has 0 spiro atoms. The Bertz CT molecular complexity index is 346. The molecule has 1 aromatic carbocycles. The van der Waals surface area contributed by atoms with Crippen LogP contribution in [0.3, 0.4) is 0 Å². The summed E-state index contributed by atoms with van der Waals surface area (Å²) in [4.78, 5) is 0. The van der Waals surface area contributed by atoms with E-state index >= 15 is 0 Å². The van der Waals surface area contributed by atoms with Gasteiger partial charge in [-0.15, -0.1) is 0 Å². The van der Waals surface area contributed by atoms with E-state index in [1.807, 2.05) is 12.1 Å². The van der Waals surface area contributed by atoms with E-state index in [0.717, 1.165) is 25.1 Å². The molecule has 2 rings (SSSR count). The van der Waals surface area contributed by atoms with E-state index in [4.69, 9.17) is 4.74 Å². The van der Waals surface area contributed by atoms with Gasteiger partial charge in [0.15, 0.2) is 11.5 Å². The third kappa shape index (κ3) is 2.47. The van der Waals surface area contributed by atoms with Crippen LogP contribution in [-0.2, 0) is 6.42 Å². The molecule has 2 N–H and O–H groups in total. The van der Waals surface area contributed by atoms with Gasteiger partial charge in [0.1, 0.15) is 0 Å². The number of rotatable bonds is 3. The molecule has 0 atom stereocenters. The van der Waals surface area contributed by atoms with E-state index in [1.54, 1.807) is 13.2 Å². The van der Waals surface area contributed by atoms with Crippen molar-refractivity contribution in [2.24, 2.45) is 5.92 Å². The Kier molecular flexibility index (Phi) is 3.67. The summed E-state index contributed by atoms with van der Waals surface area (Å²) in [5.74, 6) is 1.59. The van der Waals surface area contributed by atoms with Crippen molar-refractivity contribution in [3.63, 3.8) is 0 Å². The molecule has 3 nitrogen and oxygen atoms in total. The Morgan fingerprint density at radius 2 is 2.12 bits per heavy atom. The van der Waals surface area contributed by atoms with Crippen molar-refractivity contribution in [2.75, 3.05) is 20.2 Å². The summed E-state index contributed by atoms with van der Waals surface area (Å²) in [6, 6.07) is 5.60. The van der Waals surface area contributed by atoms with E-state index in [2.05, 4.69) is 5.32 Å². The number of benzene rings is 1. The van der Waals surface area contributed by atoms with Crippen LogP contribution in [0.4, 0.5) is 0 Å². The number of methoxy groups -OCH3 is 1. The fraction of sp³-hybridized carbons (Fsp3) is 0.538. The van der Waals surface area contributed by atoms with Gasteiger partial charge in [-0.2, -0.15) is 0 Å². The van der Waals surface area contributed by atoms with Gasteiger partial charge < -0.3 is 15.2 Å². The summed E-state index contributed by atoms with van der Waals surface area (Å²) in [6.45, 7) is 2.21. The molecular formula is C13H19NO2. The van der Waals surface area contributed by atoms with E-state index in [0.29, 0.717) is 11.7 Å². The number of aromatic hydroxyl groups is 1. The van der Waals surface area contributed by atoms with Gasteiger partial charge in [-0.1, -0.05) is 12.1 Å². The van der Waals surface area contributed by atoms with Crippen molar-refractivity contribution < 1.29 is 9.84 Å². The molecule has 1 aromatic rings. The molecule has 0 bridgehead atoms. The highest BCUT2D eigenvalue weighted by Crippen LogP contribution is 2.32. The summed E-state index contributed by atoms with van der Waals surface area (Å²) < 4.78 is 5.25. The first-order valence-corrected chi connectivity index (χ1v) is 5.87. The molecule has 1 aliphatic rings. The monoisotopic (exact) mass is 221 g/mol. The van der Waals surface area contributed by atoms with Crippen molar-refractivity contribution in [2.45, 2.75) is 19.3 Å². The lowest BCUT2D eigenvalue weighted by atomic mass is 9.90. The third-order valence-corrected chi connectivity index (χ3v) is 3.25. The zero-order valence-electron chi connectivity index (χ0n) is 9.70. The molecule has 1 saturated heterocycles. The number of phenolic OH excluding ortho intramolecular Hbond substituents is 1. The number of nitrogens with one attached hydrogen (secondary N) is 1. The molecule has 0 radical (unpaired) electrons. The first-order chi connectivity index (χ1) is 7.81. The standard InChI is InChI=1S/C13H19NO2/c1-16-13-11(3-2-4-12(13)15)9-10-5-7-14-8-6-10/h2-4,10,14-15H,5-9H2,1H3. The van der Waals surface area contributed by atoms with Crippen LogP contribution in [0.2, 0.25) is 0 Å². The Balaban J connectivity index is 2.10. The van der Waals surface area contributed by atoms with Crippen molar-refractivity contribution in [1.29, 1.82) is 0 Å². The molecule has 0 amide bonds. The zero-order valence-corrected chi connectivity index (χ0v) is 9.70. The number of ether oxygens (including phenoxy) is 1. The fourth-order valence-corrected chi connectivity index (χ4v) is 2.36. The highest BCUT2D eigenvalue weighted by molar-refractivity contribution is 5.45. The minimum atomic E-state index is 0.244. The second-order valence-corrected chi connectivity index (χ2v) is 4.37. The molecule has 16 heavy (non-hydrogen) atoms. The normalized spacial score (nSPS) is 17.3. The van der Waals surface area contributed by atoms with Gasteiger partial charge in [0, 0.05) is 0 Å². The lowest BCUT2D eigenvalue weighted by Crippen LogP contribution is -2.28. The first kappa shape index (κ1) is 11.3. The summed E-state index contributed by atoms with van der Waals surface area (Å²) in [5, 5.41) is 13.0. The van der Waals surface area contributed by atoms with Crippen molar-refractivity contribution in [3.8, 4) is 11.5 Å². The van der Waals surface area contributed by atoms with Crippen molar-refractivity contribution >= 4 is 0 Å². The Labute approximate surface area is 96.4 Å². The van der Waals surface area contributed by atoms with Gasteiger partial charge in [-0.3, -0.25) is 0 Å². The predicted octanol–water partition coefficient (Wildman–Crippen LogP) is 1.94. The van der Waals surface area contributed by atoms with E-state index in [9.17, 15) is 5.11 Å². The highest BCUT2D eigenvalue weighted by Gasteiger charge is 2.16. The van der Waals surface area contributed by atoms with Gasteiger partial charge in [-0.05, 0) is 49.9 Å². The summed E-state index contributed by atoms with van der Waals surface area (Å²) >= 11 is 0. The molecule has 0 saturated carbocycles. The molecule has 1 heterocycles. The Hall–Kier alpha value is -1.22. The zero-order chi connectivity index (χ0) is 11.4. The van der Waals surface area contributed by atoms with Gasteiger partial charge in [-0.25, -0.2) is 0 Å². The molecule has 1 fully saturated rings. The molecule has 3 heteroatoms. The number of para-hydroxylation sites is 1. The molecule has 0 aromatic heterocycles. The van der Waals surface area contributed by atoms with Gasteiger partial charge >= 0.3 is 0 Å². The summed E-state index contributed by atoms with van der Waals surface area (Å²) in [6.07, 6.45) is 3.41. The van der Waals surface area contributed by atoms with Crippen molar-refractivity contribution in [3.05, 3.63) is 23.8 Å². The van der Waals surface area contributed by atoms with Gasteiger partial charge in [0.25, 0.3) is 0 Å². The van der Waals surface area contributed by atoms with Gasteiger partial charge in [0.2, 0.25) is 0 Å². The van der Waals surface area contributed by atoms with Crippen LogP contribution in [0.1, 0.15) is 18.4 Å². The second-order valence-electron chi connectivity index (χ2n) is 4.37. The van der Waals surface area contributed by atoms with Crippen LogP contribution in [0.25, 0.3) is 0 Å². The quantitative estimate of drug-likeness (QED) is 0.819. The molecular weight excluding hydrogens is 202 g/mol. The lowest BCUT2D eigenvalue weighted by Gasteiger charge is -2.23. The topological polar surface area (TPSA) is 41.5 Å². The fourth-order valence-electron chi connectivity index (χ4n) is 2.36. The minimum Gasteiger partial charge on any atom is -0.504 e. The maximum Gasteiger partial charge on any atom is 0.163 e. The average molecular weight is 221 g/mol. The van der Waals surface area contributed by atoms with E-state index < -0.39 is 0 Å². The average Bonchev–Trinajstić information content (AvgIpc) is 2.31. The molecule has 0 aliphatic carbocycles. The smallest absolute Gasteiger partial charge is 0.163 e. The molecule has 0 unspecified atom stereocenters. The number of phenols is 1. The predicted molar refractivity (Wildman–Crippen MR) is 64.0 cm³/mol. The Morgan fingerprint density at radius 3 is 2.81 bits per heavy atom. The summed E-state index contributed by atoms with van der Waals surface area (Å²) in [5.41, 5.74) is 1.12. The van der Waals surface area contributed by atoms with E-state index in [-0.39, 0.29) is 5.75 Å². The summed E-state index contributed by atoms with van der Waals surface area (Å²) in [7, 11) is 1.61. The highest BCUT2D eigenvalue weighted by atomic mass is 16.5. The first-order valence-electron chi connectivity index (χ1n) is 5.87. The van der Waals surface area contributed by atoms with Crippen molar-refractivity contribution in [1.82, 2.24) is 5.32 Å². The molecule has 88 valence electrons. The van der Waals surface area contributed by atoms with Crippen LogP contribution in [0.5, 0.6) is 11.5 Å². The number of piperidine rings is 1. The number of hydrogen-bond acceptors (Lipinski definition) is 3. The number of hydrogen-bond donors (Lipinski definition) is 2. The lowest BCUT2D eigenvalue weighted by molar-refractivity contribution is 0.348. The molecule has 1 aliphatic heterocycles. The maximum atomic E-state index is 9.68. The van der Waals surface area contributed by atoms with Crippen LogP contribution >= 0.6 is 0 Å². The van der Waals surface area contributed by atoms with E-state index in [1.165, 1.54) is 12.8 Å². The Morgan fingerprint density at radius 1 is 1.38 bits per heavy atom. The second kappa shape index (κ2) is 5.21. The van der Waals surface area contributed by atoms with Crippen LogP contribution < -0.4 is 10.1 Å². The minimum absolute atomic E-state index is 0.244. The maximum absolute atomic E-state index is 9.68. The van der Waals surface area contributed by atoms with Gasteiger partial charge in [0.05, 0.1) is 7.11 Å². The van der Waals surface area contributed by atoms with Crippen LogP contribution in [-0.4, -0.2) is 25.3 Å². The third-order valence-electron chi connectivity index (χ3n) is 3.25. The van der Waals surface area contributed by atoms with Crippen LogP contribution in [0.15, 0.2) is 18.2 Å². The largest absolute Gasteiger partial charge is 0.504 e.